The molecule has 0 aromatic heterocycles. The molecule has 20 heavy (non-hydrogen) atoms. The van der Waals surface area contributed by atoms with Gasteiger partial charge >= 0.3 is 5.97 Å². The molecule has 1 amide bonds. The van der Waals surface area contributed by atoms with Gasteiger partial charge in [0.2, 0.25) is 0 Å². The number of carbonyl (C=O) groups is 2. The highest BCUT2D eigenvalue weighted by Gasteiger charge is 2.15. The lowest BCUT2D eigenvalue weighted by Crippen LogP contribution is -2.16. The number of ether oxygens (including phenoxy) is 1. The van der Waals surface area contributed by atoms with Gasteiger partial charge in [-0.2, -0.15) is 0 Å². The SMILES string of the molecule is COc1cccc(NC(=O)c2ccccc2C(=O)O)c1. The zero-order chi connectivity index (χ0) is 14.5. The van der Waals surface area contributed by atoms with Gasteiger partial charge in [0.25, 0.3) is 5.91 Å². The second-order valence-corrected chi connectivity index (χ2v) is 4.04. The summed E-state index contributed by atoms with van der Waals surface area (Å²) in [4.78, 5) is 23.2. The number of rotatable bonds is 4. The Labute approximate surface area is 115 Å². The zero-order valence-electron chi connectivity index (χ0n) is 10.8. The summed E-state index contributed by atoms with van der Waals surface area (Å²) in [6, 6.07) is 12.9. The molecule has 0 aliphatic heterocycles. The largest absolute Gasteiger partial charge is 0.497 e. The lowest BCUT2D eigenvalue weighted by Gasteiger charge is -2.08. The second-order valence-electron chi connectivity index (χ2n) is 4.04. The standard InChI is InChI=1S/C15H13NO4/c1-20-11-6-4-5-10(9-11)16-14(17)12-7-2-3-8-13(12)15(18)19/h2-9H,1H3,(H,16,17)(H,18,19). The third-order valence-corrected chi connectivity index (χ3v) is 2.73. The molecule has 0 radical (unpaired) electrons. The fraction of sp³-hybridized carbons (Fsp3) is 0.0667. The van der Waals surface area contributed by atoms with Gasteiger partial charge in [0.05, 0.1) is 18.2 Å². The maximum atomic E-state index is 12.1. The van der Waals surface area contributed by atoms with Gasteiger partial charge in [-0.1, -0.05) is 18.2 Å². The number of amides is 1. The van der Waals surface area contributed by atoms with Crippen LogP contribution in [0.1, 0.15) is 20.7 Å². The molecule has 5 heteroatoms. The number of aromatic carboxylic acids is 1. The first-order chi connectivity index (χ1) is 9.61. The first-order valence-electron chi connectivity index (χ1n) is 5.89. The minimum absolute atomic E-state index is 0.0344. The number of carboxylic acid groups (broad SMARTS) is 1. The molecule has 0 saturated carbocycles. The molecule has 0 bridgehead atoms. The number of benzene rings is 2. The van der Waals surface area contributed by atoms with Crippen LogP contribution in [0.15, 0.2) is 48.5 Å². The summed E-state index contributed by atoms with van der Waals surface area (Å²) in [6.07, 6.45) is 0. The fourth-order valence-corrected chi connectivity index (χ4v) is 1.77. The van der Waals surface area contributed by atoms with Gasteiger partial charge in [0.1, 0.15) is 5.75 Å². The number of nitrogens with one attached hydrogen (secondary N) is 1. The average molecular weight is 271 g/mol. The third kappa shape index (κ3) is 2.95. The number of carboxylic acids is 1. The number of hydrogen-bond acceptors (Lipinski definition) is 3. The first kappa shape index (κ1) is 13.6. The summed E-state index contributed by atoms with van der Waals surface area (Å²) >= 11 is 0. The van der Waals surface area contributed by atoms with Crippen molar-refractivity contribution in [2.75, 3.05) is 12.4 Å². The second kappa shape index (κ2) is 5.88. The Morgan fingerprint density at radius 3 is 2.40 bits per heavy atom. The minimum atomic E-state index is -1.14. The van der Waals surface area contributed by atoms with Crippen LogP contribution in [0.3, 0.4) is 0 Å². The van der Waals surface area contributed by atoms with Gasteiger partial charge in [-0.15, -0.1) is 0 Å². The van der Waals surface area contributed by atoms with E-state index in [1.807, 2.05) is 0 Å². The van der Waals surface area contributed by atoms with Crippen molar-refractivity contribution in [3.05, 3.63) is 59.7 Å². The Balaban J connectivity index is 2.26. The molecule has 2 N–H and O–H groups in total. The maximum absolute atomic E-state index is 12.1. The Hall–Kier alpha value is -2.82. The van der Waals surface area contributed by atoms with E-state index < -0.39 is 11.9 Å². The molecule has 102 valence electrons. The lowest BCUT2D eigenvalue weighted by atomic mass is 10.1. The highest BCUT2D eigenvalue weighted by atomic mass is 16.5. The first-order valence-corrected chi connectivity index (χ1v) is 5.89. The van der Waals surface area contributed by atoms with Crippen LogP contribution in [0.2, 0.25) is 0 Å². The molecular formula is C15H13NO4. The van der Waals surface area contributed by atoms with Crippen molar-refractivity contribution in [1.29, 1.82) is 0 Å². The Morgan fingerprint density at radius 2 is 1.75 bits per heavy atom. The Bertz CT molecular complexity index is 652. The van der Waals surface area contributed by atoms with Crippen LogP contribution in [-0.2, 0) is 0 Å². The summed E-state index contributed by atoms with van der Waals surface area (Å²) in [6.45, 7) is 0. The van der Waals surface area contributed by atoms with Crippen molar-refractivity contribution in [1.82, 2.24) is 0 Å². The number of carbonyl (C=O) groups excluding carboxylic acids is 1. The van der Waals surface area contributed by atoms with Crippen LogP contribution < -0.4 is 10.1 Å². The van der Waals surface area contributed by atoms with Gasteiger partial charge in [0.15, 0.2) is 0 Å². The van der Waals surface area contributed by atoms with Crippen molar-refractivity contribution in [3.63, 3.8) is 0 Å². The smallest absolute Gasteiger partial charge is 0.336 e. The van der Waals surface area contributed by atoms with E-state index in [1.54, 1.807) is 36.4 Å². The average Bonchev–Trinajstić information content (AvgIpc) is 2.47. The summed E-state index contributed by atoms with van der Waals surface area (Å²) in [5.74, 6) is -1.01. The monoisotopic (exact) mass is 271 g/mol. The normalized spacial score (nSPS) is 9.85. The molecule has 0 aliphatic carbocycles. The fourth-order valence-electron chi connectivity index (χ4n) is 1.77. The van der Waals surface area contributed by atoms with E-state index in [0.29, 0.717) is 11.4 Å². The molecule has 2 aromatic rings. The highest BCUT2D eigenvalue weighted by molar-refractivity contribution is 6.10. The van der Waals surface area contributed by atoms with Crippen molar-refractivity contribution in [3.8, 4) is 5.75 Å². The van der Waals surface area contributed by atoms with Crippen LogP contribution in [0.4, 0.5) is 5.69 Å². The lowest BCUT2D eigenvalue weighted by molar-refractivity contribution is 0.0692. The van der Waals surface area contributed by atoms with E-state index in [2.05, 4.69) is 5.32 Å². The quantitative estimate of drug-likeness (QED) is 0.896. The van der Waals surface area contributed by atoms with E-state index in [0.717, 1.165) is 0 Å². The van der Waals surface area contributed by atoms with Crippen LogP contribution in [0.5, 0.6) is 5.75 Å². The maximum Gasteiger partial charge on any atom is 0.336 e. The molecule has 0 aliphatic rings. The van der Waals surface area contributed by atoms with Gasteiger partial charge in [-0.25, -0.2) is 4.79 Å². The van der Waals surface area contributed by atoms with E-state index in [4.69, 9.17) is 9.84 Å². The number of methoxy groups -OCH3 is 1. The summed E-state index contributed by atoms with van der Waals surface area (Å²) in [7, 11) is 1.53. The third-order valence-electron chi connectivity index (χ3n) is 2.73. The molecule has 0 fully saturated rings. The number of hydrogen-bond donors (Lipinski definition) is 2. The van der Waals surface area contributed by atoms with Crippen molar-refractivity contribution in [2.45, 2.75) is 0 Å². The van der Waals surface area contributed by atoms with Crippen molar-refractivity contribution in [2.24, 2.45) is 0 Å². The topological polar surface area (TPSA) is 75.6 Å². The molecule has 2 aromatic carbocycles. The van der Waals surface area contributed by atoms with E-state index in [-0.39, 0.29) is 11.1 Å². The van der Waals surface area contributed by atoms with E-state index >= 15 is 0 Å². The molecule has 0 unspecified atom stereocenters. The van der Waals surface area contributed by atoms with E-state index in [9.17, 15) is 9.59 Å². The Kier molecular flexibility index (Phi) is 4.00. The summed E-state index contributed by atoms with van der Waals surface area (Å²) in [5.41, 5.74) is 0.616. The summed E-state index contributed by atoms with van der Waals surface area (Å²) < 4.78 is 5.06. The van der Waals surface area contributed by atoms with Crippen LogP contribution in [0.25, 0.3) is 0 Å². The molecule has 0 atom stereocenters. The predicted octanol–water partition coefficient (Wildman–Crippen LogP) is 2.65. The molecule has 0 heterocycles. The molecule has 2 rings (SSSR count). The van der Waals surface area contributed by atoms with E-state index in [1.165, 1.54) is 19.2 Å². The zero-order valence-corrected chi connectivity index (χ0v) is 10.8. The van der Waals surface area contributed by atoms with Crippen LogP contribution >= 0.6 is 0 Å². The molecule has 5 nitrogen and oxygen atoms in total. The van der Waals surface area contributed by atoms with Crippen molar-refractivity contribution >= 4 is 17.6 Å². The highest BCUT2D eigenvalue weighted by Crippen LogP contribution is 2.18. The van der Waals surface area contributed by atoms with Crippen LogP contribution in [0, 0.1) is 0 Å². The molecule has 0 saturated heterocycles. The van der Waals surface area contributed by atoms with Gasteiger partial charge in [-0.3, -0.25) is 4.79 Å². The van der Waals surface area contributed by atoms with Gasteiger partial charge < -0.3 is 15.2 Å². The van der Waals surface area contributed by atoms with Crippen molar-refractivity contribution < 1.29 is 19.4 Å². The number of anilines is 1. The van der Waals surface area contributed by atoms with Gasteiger partial charge in [-0.05, 0) is 24.3 Å². The molecular weight excluding hydrogens is 258 g/mol. The minimum Gasteiger partial charge on any atom is -0.497 e. The van der Waals surface area contributed by atoms with Crippen LogP contribution in [-0.4, -0.2) is 24.1 Å². The predicted molar refractivity (Wildman–Crippen MR) is 74.3 cm³/mol. The Morgan fingerprint density at radius 1 is 1.05 bits per heavy atom. The van der Waals surface area contributed by atoms with Gasteiger partial charge in [0, 0.05) is 11.8 Å². The molecule has 0 spiro atoms. The summed E-state index contributed by atoms with van der Waals surface area (Å²) in [5, 5.41) is 11.7.